The van der Waals surface area contributed by atoms with Gasteiger partial charge in [-0.2, -0.15) is 0 Å². The van der Waals surface area contributed by atoms with Crippen molar-refractivity contribution in [1.29, 1.82) is 0 Å². The summed E-state index contributed by atoms with van der Waals surface area (Å²) >= 11 is 0. The fourth-order valence-corrected chi connectivity index (χ4v) is 2.71. The molecule has 1 aromatic carbocycles. The van der Waals surface area contributed by atoms with Gasteiger partial charge in [-0.05, 0) is 12.1 Å². The van der Waals surface area contributed by atoms with Crippen LogP contribution < -0.4 is 5.32 Å². The van der Waals surface area contributed by atoms with Crippen molar-refractivity contribution in [2.24, 2.45) is 11.8 Å². The van der Waals surface area contributed by atoms with E-state index < -0.39 is 35.9 Å². The van der Waals surface area contributed by atoms with Crippen LogP contribution in [-0.4, -0.2) is 34.3 Å². The molecule has 4 atom stereocenters. The molecule has 104 valence electrons. The van der Waals surface area contributed by atoms with Crippen molar-refractivity contribution in [3.8, 4) is 5.75 Å². The van der Waals surface area contributed by atoms with Crippen LogP contribution in [0.25, 0.3) is 0 Å². The molecule has 0 aromatic heterocycles. The minimum atomic E-state index is -1.06. The lowest BCUT2D eigenvalue weighted by Crippen LogP contribution is -2.39. The van der Waals surface area contributed by atoms with Crippen molar-refractivity contribution in [3.63, 3.8) is 0 Å². The van der Waals surface area contributed by atoms with Gasteiger partial charge in [0.05, 0.1) is 23.8 Å². The number of rotatable bonds is 3. The van der Waals surface area contributed by atoms with Crippen LogP contribution in [0, 0.1) is 11.8 Å². The van der Waals surface area contributed by atoms with Gasteiger partial charge in [-0.1, -0.05) is 24.3 Å². The van der Waals surface area contributed by atoms with Gasteiger partial charge in [0.25, 0.3) is 0 Å². The van der Waals surface area contributed by atoms with Crippen molar-refractivity contribution in [2.75, 3.05) is 5.32 Å². The van der Waals surface area contributed by atoms with Gasteiger partial charge in [-0.25, -0.2) is 0 Å². The molecule has 1 saturated heterocycles. The number of ether oxygens (including phenoxy) is 1. The molecular weight excluding hydrogens is 262 g/mol. The van der Waals surface area contributed by atoms with Crippen molar-refractivity contribution in [1.82, 2.24) is 0 Å². The third-order valence-corrected chi connectivity index (χ3v) is 3.65. The molecule has 0 saturated carbocycles. The molecule has 3 rings (SSSR count). The number of aromatic hydroxyl groups is 1. The average Bonchev–Trinajstić information content (AvgIpc) is 3.01. The molecular formula is C14H13NO5. The molecule has 3 N–H and O–H groups in total. The molecule has 0 unspecified atom stereocenters. The van der Waals surface area contributed by atoms with Crippen LogP contribution >= 0.6 is 0 Å². The molecule has 0 spiro atoms. The Balaban J connectivity index is 1.82. The molecule has 0 aliphatic carbocycles. The maximum atomic E-state index is 12.3. The average molecular weight is 275 g/mol. The van der Waals surface area contributed by atoms with Crippen molar-refractivity contribution in [3.05, 3.63) is 36.4 Å². The lowest BCUT2D eigenvalue weighted by atomic mass is 9.82. The fourth-order valence-electron chi connectivity index (χ4n) is 2.71. The topological polar surface area (TPSA) is 95.9 Å². The van der Waals surface area contributed by atoms with Gasteiger partial charge < -0.3 is 20.3 Å². The second-order valence-electron chi connectivity index (χ2n) is 4.85. The Kier molecular flexibility index (Phi) is 2.94. The number of fused-ring (bicyclic) bond motifs is 2. The number of hydrogen-bond donors (Lipinski definition) is 3. The summed E-state index contributed by atoms with van der Waals surface area (Å²) in [6.07, 6.45) is 2.30. The highest BCUT2D eigenvalue weighted by Gasteiger charge is 2.53. The molecule has 1 fully saturated rings. The van der Waals surface area contributed by atoms with Gasteiger partial charge in [-0.15, -0.1) is 0 Å². The zero-order valence-corrected chi connectivity index (χ0v) is 10.4. The monoisotopic (exact) mass is 275 g/mol. The zero-order chi connectivity index (χ0) is 14.3. The summed E-state index contributed by atoms with van der Waals surface area (Å²) in [5, 5.41) is 21.4. The number of carbonyl (C=O) groups excluding carboxylic acids is 1. The Morgan fingerprint density at radius 1 is 1.10 bits per heavy atom. The van der Waals surface area contributed by atoms with Crippen LogP contribution in [0.4, 0.5) is 5.69 Å². The van der Waals surface area contributed by atoms with Crippen molar-refractivity contribution >= 4 is 17.6 Å². The van der Waals surface area contributed by atoms with E-state index in [2.05, 4.69) is 5.32 Å². The van der Waals surface area contributed by atoms with Gasteiger partial charge in [0.2, 0.25) is 5.91 Å². The highest BCUT2D eigenvalue weighted by atomic mass is 16.5. The molecule has 20 heavy (non-hydrogen) atoms. The number of carboxylic acids is 1. The van der Waals surface area contributed by atoms with E-state index in [4.69, 9.17) is 4.74 Å². The number of carboxylic acid groups (broad SMARTS) is 1. The first-order valence-electron chi connectivity index (χ1n) is 6.23. The third kappa shape index (κ3) is 1.94. The Bertz CT molecular complexity index is 597. The van der Waals surface area contributed by atoms with Crippen molar-refractivity contribution < 1.29 is 24.5 Å². The SMILES string of the molecule is O=C(O)[C@@H]1[C@H](C(=O)Nc2ccccc2O)[C@@H]2C=C[C@@H]1O2. The summed E-state index contributed by atoms with van der Waals surface area (Å²) in [7, 11) is 0. The van der Waals surface area contributed by atoms with Crippen LogP contribution in [0.5, 0.6) is 5.75 Å². The number of para-hydroxylation sites is 2. The number of anilines is 1. The van der Waals surface area contributed by atoms with Gasteiger partial charge in [0, 0.05) is 0 Å². The molecule has 2 bridgehead atoms. The predicted octanol–water partition coefficient (Wildman–Crippen LogP) is 0.985. The number of carbonyl (C=O) groups is 2. The van der Waals surface area contributed by atoms with Crippen molar-refractivity contribution in [2.45, 2.75) is 12.2 Å². The lowest BCUT2D eigenvalue weighted by molar-refractivity contribution is -0.145. The Hall–Kier alpha value is -2.34. The molecule has 0 radical (unpaired) electrons. The quantitative estimate of drug-likeness (QED) is 0.564. The van der Waals surface area contributed by atoms with Gasteiger partial charge in [0.1, 0.15) is 11.7 Å². The summed E-state index contributed by atoms with van der Waals surface area (Å²) in [6.45, 7) is 0. The number of phenols is 1. The van der Waals surface area contributed by atoms with Crippen LogP contribution in [-0.2, 0) is 14.3 Å². The normalized spacial score (nSPS) is 30.4. The van der Waals surface area contributed by atoms with Gasteiger partial charge in [0.15, 0.2) is 0 Å². The number of phenolic OH excluding ortho intramolecular Hbond substituents is 1. The Morgan fingerprint density at radius 3 is 2.40 bits per heavy atom. The number of aliphatic carboxylic acids is 1. The van der Waals surface area contributed by atoms with E-state index >= 15 is 0 Å². The van der Waals surface area contributed by atoms with E-state index in [9.17, 15) is 19.8 Å². The largest absolute Gasteiger partial charge is 0.506 e. The molecule has 2 aliphatic rings. The third-order valence-electron chi connectivity index (χ3n) is 3.65. The first kappa shape index (κ1) is 12.7. The molecule has 2 aliphatic heterocycles. The van der Waals surface area contributed by atoms with E-state index in [1.54, 1.807) is 30.4 Å². The minimum absolute atomic E-state index is 0.0626. The predicted molar refractivity (Wildman–Crippen MR) is 69.2 cm³/mol. The van der Waals surface area contributed by atoms with E-state index in [-0.39, 0.29) is 11.4 Å². The molecule has 2 heterocycles. The zero-order valence-electron chi connectivity index (χ0n) is 10.4. The van der Waals surface area contributed by atoms with E-state index in [1.165, 1.54) is 6.07 Å². The lowest BCUT2D eigenvalue weighted by Gasteiger charge is -2.21. The van der Waals surface area contributed by atoms with Gasteiger partial charge >= 0.3 is 5.97 Å². The first-order valence-corrected chi connectivity index (χ1v) is 6.23. The number of nitrogens with one attached hydrogen (secondary N) is 1. The summed E-state index contributed by atoms with van der Waals surface area (Å²) in [4.78, 5) is 23.6. The van der Waals surface area contributed by atoms with E-state index in [0.29, 0.717) is 0 Å². The van der Waals surface area contributed by atoms with Gasteiger partial charge in [-0.3, -0.25) is 9.59 Å². The van der Waals surface area contributed by atoms with Crippen LogP contribution in [0.1, 0.15) is 0 Å². The van der Waals surface area contributed by atoms with Crippen LogP contribution in [0.3, 0.4) is 0 Å². The maximum Gasteiger partial charge on any atom is 0.310 e. The summed E-state index contributed by atoms with van der Waals surface area (Å²) < 4.78 is 5.43. The highest BCUT2D eigenvalue weighted by molar-refractivity contribution is 5.97. The summed E-state index contributed by atoms with van der Waals surface area (Å²) in [5.74, 6) is -3.26. The number of hydrogen-bond acceptors (Lipinski definition) is 4. The fraction of sp³-hybridized carbons (Fsp3) is 0.286. The number of benzene rings is 1. The maximum absolute atomic E-state index is 12.3. The Labute approximate surface area is 114 Å². The van der Waals surface area contributed by atoms with Crippen LogP contribution in [0.15, 0.2) is 36.4 Å². The van der Waals surface area contributed by atoms with E-state index in [1.807, 2.05) is 0 Å². The standard InChI is InChI=1S/C14H13NO5/c16-8-4-2-1-3-7(8)15-13(17)11-9-5-6-10(20-9)12(11)14(18)19/h1-6,9-12,16H,(H,15,17)(H,18,19)/t9-,10-,11+,12-/m0/s1. The second kappa shape index (κ2) is 4.64. The van der Waals surface area contributed by atoms with Crippen LogP contribution in [0.2, 0.25) is 0 Å². The summed E-state index contributed by atoms with van der Waals surface area (Å²) in [5.41, 5.74) is 0.258. The Morgan fingerprint density at radius 2 is 1.75 bits per heavy atom. The molecule has 6 nitrogen and oxygen atoms in total. The molecule has 1 aromatic rings. The number of amides is 1. The molecule has 6 heteroatoms. The summed E-state index contributed by atoms with van der Waals surface area (Å²) in [6, 6.07) is 6.30. The first-order chi connectivity index (χ1) is 9.58. The highest BCUT2D eigenvalue weighted by Crippen LogP contribution is 2.40. The smallest absolute Gasteiger partial charge is 0.310 e. The van der Waals surface area contributed by atoms with E-state index in [0.717, 1.165) is 0 Å². The second-order valence-corrected chi connectivity index (χ2v) is 4.85. The molecule has 1 amide bonds. The minimum Gasteiger partial charge on any atom is -0.506 e.